The molecule has 1 amide bonds. The Morgan fingerprint density at radius 3 is 2.57 bits per heavy atom. The maximum absolute atomic E-state index is 11.9. The van der Waals surface area contributed by atoms with Crippen molar-refractivity contribution >= 4 is 17.7 Å². The largest absolute Gasteiger partial charge is 0.368 e. The third-order valence-corrected chi connectivity index (χ3v) is 5.36. The molecule has 2 fully saturated rings. The van der Waals surface area contributed by atoms with Crippen molar-refractivity contribution in [1.29, 1.82) is 0 Å². The number of amides is 1. The van der Waals surface area contributed by atoms with Crippen molar-refractivity contribution in [1.82, 2.24) is 15.3 Å². The van der Waals surface area contributed by atoms with E-state index in [-0.39, 0.29) is 5.91 Å². The van der Waals surface area contributed by atoms with Gasteiger partial charge in [-0.1, -0.05) is 11.8 Å². The quantitative estimate of drug-likeness (QED) is 0.810. The summed E-state index contributed by atoms with van der Waals surface area (Å²) < 4.78 is 0. The molecule has 0 spiro atoms. The van der Waals surface area contributed by atoms with E-state index >= 15 is 0 Å². The van der Waals surface area contributed by atoms with E-state index in [2.05, 4.69) is 15.3 Å². The monoisotopic (exact) mass is 306 g/mol. The van der Waals surface area contributed by atoms with Crippen LogP contribution in [0.4, 0.5) is 0 Å². The first-order chi connectivity index (χ1) is 9.97. The van der Waals surface area contributed by atoms with E-state index in [1.807, 2.05) is 19.9 Å². The van der Waals surface area contributed by atoms with Gasteiger partial charge in [-0.3, -0.25) is 4.79 Å². The smallest absolute Gasteiger partial charge is 0.237 e. The number of nitrogens with two attached hydrogens (primary N) is 1. The van der Waals surface area contributed by atoms with Crippen LogP contribution in [0.15, 0.2) is 11.2 Å². The number of hydrogen-bond donors (Lipinski definition) is 2. The summed E-state index contributed by atoms with van der Waals surface area (Å²) in [6.07, 6.45) is 4.89. The van der Waals surface area contributed by atoms with Crippen molar-refractivity contribution in [3.8, 4) is 0 Å². The Kier molecular flexibility index (Phi) is 3.92. The summed E-state index contributed by atoms with van der Waals surface area (Å²) >= 11 is 1.68. The van der Waals surface area contributed by atoms with Gasteiger partial charge >= 0.3 is 0 Å². The van der Waals surface area contributed by atoms with Gasteiger partial charge in [0.05, 0.1) is 5.54 Å². The number of nitrogens with zero attached hydrogens (tertiary/aromatic N) is 2. The van der Waals surface area contributed by atoms with E-state index in [1.54, 1.807) is 11.8 Å². The molecule has 0 aliphatic heterocycles. The van der Waals surface area contributed by atoms with Crippen LogP contribution in [0.25, 0.3) is 0 Å². The van der Waals surface area contributed by atoms with Crippen LogP contribution in [0, 0.1) is 13.8 Å². The molecule has 3 N–H and O–H groups in total. The van der Waals surface area contributed by atoms with Gasteiger partial charge in [0.1, 0.15) is 0 Å². The second-order valence-electron chi connectivity index (χ2n) is 6.28. The molecule has 3 rings (SSSR count). The number of nitrogens with one attached hydrogen (secondary N) is 1. The summed E-state index contributed by atoms with van der Waals surface area (Å²) in [4.78, 5) is 20.9. The van der Waals surface area contributed by atoms with Crippen LogP contribution in [0.3, 0.4) is 0 Å². The maximum atomic E-state index is 11.9. The number of aromatic nitrogens is 2. The van der Waals surface area contributed by atoms with Gasteiger partial charge in [0.2, 0.25) is 5.91 Å². The van der Waals surface area contributed by atoms with Crippen LogP contribution >= 0.6 is 11.8 Å². The molecular formula is C15H22N4OS. The molecule has 5 nitrogen and oxygen atoms in total. The zero-order valence-electron chi connectivity index (χ0n) is 12.6. The SMILES string of the molecule is Cc1cc(C)nc(SC2CCC(NC3CC3)(C(N)=O)C2)n1. The highest BCUT2D eigenvalue weighted by atomic mass is 32.2. The minimum absolute atomic E-state index is 0.209. The molecule has 0 saturated heterocycles. The molecule has 2 atom stereocenters. The molecule has 0 bridgehead atoms. The van der Waals surface area contributed by atoms with Crippen molar-refractivity contribution in [2.24, 2.45) is 5.73 Å². The minimum atomic E-state index is -0.516. The lowest BCUT2D eigenvalue weighted by molar-refractivity contribution is -0.124. The Morgan fingerprint density at radius 1 is 1.33 bits per heavy atom. The molecule has 2 aliphatic carbocycles. The number of aryl methyl sites for hydroxylation is 2. The summed E-state index contributed by atoms with van der Waals surface area (Å²) in [5, 5.41) is 4.64. The third-order valence-electron chi connectivity index (χ3n) is 4.23. The average molecular weight is 306 g/mol. The molecule has 1 aromatic rings. The third kappa shape index (κ3) is 3.37. The standard InChI is InChI=1S/C15H22N4OS/c1-9-7-10(2)18-14(17-9)21-12-5-6-15(8-12,13(16)20)19-11-3-4-11/h7,11-12,19H,3-6,8H2,1-2H3,(H2,16,20). The number of hydrogen-bond acceptors (Lipinski definition) is 5. The van der Waals surface area contributed by atoms with Gasteiger partial charge in [0.15, 0.2) is 5.16 Å². The summed E-state index contributed by atoms with van der Waals surface area (Å²) in [6, 6.07) is 2.46. The summed E-state index contributed by atoms with van der Waals surface area (Å²) in [7, 11) is 0. The summed E-state index contributed by atoms with van der Waals surface area (Å²) in [5.41, 5.74) is 7.13. The van der Waals surface area contributed by atoms with E-state index in [1.165, 1.54) is 0 Å². The average Bonchev–Trinajstić information content (AvgIpc) is 3.08. The number of thioether (sulfide) groups is 1. The van der Waals surface area contributed by atoms with Crippen molar-refractivity contribution in [2.45, 2.75) is 67.9 Å². The topological polar surface area (TPSA) is 80.9 Å². The lowest BCUT2D eigenvalue weighted by Gasteiger charge is -2.27. The van der Waals surface area contributed by atoms with Gasteiger partial charge in [-0.15, -0.1) is 0 Å². The first-order valence-electron chi connectivity index (χ1n) is 7.53. The van der Waals surface area contributed by atoms with Gasteiger partial charge in [-0.2, -0.15) is 0 Å². The van der Waals surface area contributed by atoms with Crippen LogP contribution in [-0.4, -0.2) is 32.7 Å². The predicted molar refractivity (Wildman–Crippen MR) is 83.1 cm³/mol. The molecular weight excluding hydrogens is 284 g/mol. The molecule has 2 saturated carbocycles. The molecule has 0 aromatic carbocycles. The molecule has 1 heterocycles. The van der Waals surface area contributed by atoms with Crippen LogP contribution in [-0.2, 0) is 4.79 Å². The highest BCUT2D eigenvalue weighted by Crippen LogP contribution is 2.41. The van der Waals surface area contributed by atoms with Crippen molar-refractivity contribution in [2.75, 3.05) is 0 Å². The van der Waals surface area contributed by atoms with Crippen LogP contribution in [0.5, 0.6) is 0 Å². The second-order valence-corrected chi connectivity index (χ2v) is 7.55. The first-order valence-corrected chi connectivity index (χ1v) is 8.41. The fraction of sp³-hybridized carbons (Fsp3) is 0.667. The maximum Gasteiger partial charge on any atom is 0.237 e. The molecule has 2 unspecified atom stereocenters. The Bertz CT molecular complexity index is 540. The van der Waals surface area contributed by atoms with E-state index < -0.39 is 5.54 Å². The van der Waals surface area contributed by atoms with Crippen molar-refractivity contribution < 1.29 is 4.79 Å². The molecule has 1 aromatic heterocycles. The van der Waals surface area contributed by atoms with Gasteiger partial charge in [0.25, 0.3) is 0 Å². The molecule has 6 heteroatoms. The lowest BCUT2D eigenvalue weighted by Crippen LogP contribution is -2.54. The number of rotatable bonds is 5. The van der Waals surface area contributed by atoms with Gasteiger partial charge < -0.3 is 11.1 Å². The number of primary amides is 1. The number of carbonyl (C=O) groups is 1. The molecule has 2 aliphatic rings. The lowest BCUT2D eigenvalue weighted by atomic mass is 9.96. The first kappa shape index (κ1) is 14.8. The molecule has 0 radical (unpaired) electrons. The number of carbonyl (C=O) groups excluding carboxylic acids is 1. The van der Waals surface area contributed by atoms with Gasteiger partial charge in [0, 0.05) is 22.7 Å². The van der Waals surface area contributed by atoms with E-state index in [4.69, 9.17) is 5.73 Å². The molecule has 21 heavy (non-hydrogen) atoms. The minimum Gasteiger partial charge on any atom is -0.368 e. The Labute approximate surface area is 129 Å². The fourth-order valence-corrected chi connectivity index (χ4v) is 4.34. The zero-order chi connectivity index (χ0) is 15.0. The zero-order valence-corrected chi connectivity index (χ0v) is 13.4. The van der Waals surface area contributed by atoms with Crippen LogP contribution in [0.2, 0.25) is 0 Å². The Morgan fingerprint density at radius 2 is 2.00 bits per heavy atom. The Balaban J connectivity index is 1.69. The van der Waals surface area contributed by atoms with E-state index in [9.17, 15) is 4.79 Å². The molecule has 114 valence electrons. The van der Waals surface area contributed by atoms with Crippen LogP contribution in [0.1, 0.15) is 43.5 Å². The normalized spacial score (nSPS) is 28.8. The fourth-order valence-electron chi connectivity index (χ4n) is 3.04. The van der Waals surface area contributed by atoms with Crippen molar-refractivity contribution in [3.05, 3.63) is 17.5 Å². The summed E-state index contributed by atoms with van der Waals surface area (Å²) in [6.45, 7) is 3.96. The van der Waals surface area contributed by atoms with Crippen molar-refractivity contribution in [3.63, 3.8) is 0 Å². The van der Waals surface area contributed by atoms with Gasteiger partial charge in [-0.25, -0.2) is 9.97 Å². The predicted octanol–water partition coefficient (Wildman–Crippen LogP) is 1.71. The van der Waals surface area contributed by atoms with Crippen LogP contribution < -0.4 is 11.1 Å². The van der Waals surface area contributed by atoms with E-state index in [0.29, 0.717) is 11.3 Å². The van der Waals surface area contributed by atoms with E-state index in [0.717, 1.165) is 48.6 Å². The summed E-state index contributed by atoms with van der Waals surface area (Å²) in [5.74, 6) is -0.209. The highest BCUT2D eigenvalue weighted by Gasteiger charge is 2.47. The second kappa shape index (κ2) is 5.57. The Hall–Kier alpha value is -1.14. The van der Waals surface area contributed by atoms with Gasteiger partial charge in [-0.05, 0) is 52.0 Å². The highest BCUT2D eigenvalue weighted by molar-refractivity contribution is 7.99.